The molecule has 0 atom stereocenters. The van der Waals surface area contributed by atoms with Gasteiger partial charge in [0.25, 0.3) is 0 Å². The van der Waals surface area contributed by atoms with Crippen LogP contribution >= 0.6 is 11.8 Å². The number of anilines is 1. The molecule has 5 nitrogen and oxygen atoms in total. The highest BCUT2D eigenvalue weighted by molar-refractivity contribution is 7.99. The number of hydrogen-bond acceptors (Lipinski definition) is 4. The van der Waals surface area contributed by atoms with E-state index in [0.29, 0.717) is 11.7 Å². The van der Waals surface area contributed by atoms with Gasteiger partial charge in [0.15, 0.2) is 5.16 Å². The van der Waals surface area contributed by atoms with Crippen molar-refractivity contribution < 1.29 is 4.79 Å². The molecule has 0 aliphatic rings. The number of para-hydroxylation sites is 1. The summed E-state index contributed by atoms with van der Waals surface area (Å²) in [6, 6.07) is 18.2. The van der Waals surface area contributed by atoms with Crippen LogP contribution in [0, 0.1) is 5.92 Å². The van der Waals surface area contributed by atoms with Crippen LogP contribution < -0.4 is 5.32 Å². The second-order valence-electron chi connectivity index (χ2n) is 7.41. The van der Waals surface area contributed by atoms with Crippen LogP contribution in [-0.4, -0.2) is 26.4 Å². The van der Waals surface area contributed by atoms with E-state index in [-0.39, 0.29) is 5.91 Å². The lowest BCUT2D eigenvalue weighted by atomic mass is 10.1. The minimum Gasteiger partial charge on any atom is -0.325 e. The molecule has 0 aliphatic carbocycles. The number of aromatic nitrogens is 3. The van der Waals surface area contributed by atoms with E-state index in [0.717, 1.165) is 41.6 Å². The number of carbonyl (C=O) groups is 1. The summed E-state index contributed by atoms with van der Waals surface area (Å²) in [6.07, 6.45) is 1.62. The van der Waals surface area contributed by atoms with Gasteiger partial charge in [0, 0.05) is 18.7 Å². The lowest BCUT2D eigenvalue weighted by molar-refractivity contribution is -0.113. The van der Waals surface area contributed by atoms with Crippen molar-refractivity contribution in [3.05, 3.63) is 71.5 Å². The summed E-state index contributed by atoms with van der Waals surface area (Å²) in [6.45, 7) is 7.27. The number of hydrogen-bond donors (Lipinski definition) is 1. The van der Waals surface area contributed by atoms with Crippen molar-refractivity contribution in [1.82, 2.24) is 14.8 Å². The molecule has 1 N–H and O–H groups in total. The van der Waals surface area contributed by atoms with Crippen molar-refractivity contribution in [1.29, 1.82) is 0 Å². The van der Waals surface area contributed by atoms with E-state index in [9.17, 15) is 4.79 Å². The standard InChI is InChI=1S/C23H28N4OS/c1-4-19-12-8-9-13-20(19)24-22(28)16-29-23-26-25-21(27(23)15-17(2)3)14-18-10-6-5-7-11-18/h5-13,17H,4,14-16H2,1-3H3,(H,24,28). The zero-order valence-electron chi connectivity index (χ0n) is 17.3. The van der Waals surface area contributed by atoms with Gasteiger partial charge in [-0.05, 0) is 29.5 Å². The summed E-state index contributed by atoms with van der Waals surface area (Å²) in [5, 5.41) is 12.6. The zero-order chi connectivity index (χ0) is 20.6. The molecule has 0 unspecified atom stereocenters. The molecule has 0 aliphatic heterocycles. The number of amides is 1. The number of nitrogens with one attached hydrogen (secondary N) is 1. The topological polar surface area (TPSA) is 59.8 Å². The van der Waals surface area contributed by atoms with Gasteiger partial charge in [-0.15, -0.1) is 10.2 Å². The predicted octanol–water partition coefficient (Wildman–Crippen LogP) is 4.82. The maximum atomic E-state index is 12.5. The Labute approximate surface area is 176 Å². The number of carbonyl (C=O) groups excluding carboxylic acids is 1. The number of thioether (sulfide) groups is 1. The van der Waals surface area contributed by atoms with E-state index in [1.54, 1.807) is 0 Å². The molecule has 6 heteroatoms. The molecule has 1 aromatic heterocycles. The van der Waals surface area contributed by atoms with Crippen LogP contribution in [0.3, 0.4) is 0 Å². The Balaban J connectivity index is 1.69. The van der Waals surface area contributed by atoms with Crippen LogP contribution in [0.25, 0.3) is 0 Å². The Kier molecular flexibility index (Phi) is 7.47. The molecule has 2 aromatic carbocycles. The molecule has 0 fully saturated rings. The lowest BCUT2D eigenvalue weighted by Gasteiger charge is -2.13. The van der Waals surface area contributed by atoms with Crippen molar-refractivity contribution in [2.75, 3.05) is 11.1 Å². The molecule has 0 spiro atoms. The highest BCUT2D eigenvalue weighted by Gasteiger charge is 2.16. The summed E-state index contributed by atoms with van der Waals surface area (Å²) in [5.41, 5.74) is 3.23. The summed E-state index contributed by atoms with van der Waals surface area (Å²) in [4.78, 5) is 12.5. The van der Waals surface area contributed by atoms with E-state index in [2.05, 4.69) is 53.0 Å². The van der Waals surface area contributed by atoms with Crippen LogP contribution in [0.4, 0.5) is 5.69 Å². The van der Waals surface area contributed by atoms with Crippen LogP contribution in [0.1, 0.15) is 37.7 Å². The summed E-state index contributed by atoms with van der Waals surface area (Å²) >= 11 is 1.44. The Morgan fingerprint density at radius 1 is 1.07 bits per heavy atom. The van der Waals surface area contributed by atoms with Crippen LogP contribution in [0.2, 0.25) is 0 Å². The molecule has 29 heavy (non-hydrogen) atoms. The number of rotatable bonds is 9. The molecule has 3 aromatic rings. The largest absolute Gasteiger partial charge is 0.325 e. The molecule has 0 radical (unpaired) electrons. The summed E-state index contributed by atoms with van der Waals surface area (Å²) in [5.74, 6) is 1.67. The van der Waals surface area contributed by atoms with Crippen LogP contribution in [0.5, 0.6) is 0 Å². The van der Waals surface area contributed by atoms with Gasteiger partial charge in [-0.2, -0.15) is 0 Å². The van der Waals surface area contributed by atoms with Crippen molar-refractivity contribution in [3.8, 4) is 0 Å². The number of aryl methyl sites for hydroxylation is 1. The normalized spacial score (nSPS) is 11.0. The fourth-order valence-electron chi connectivity index (χ4n) is 3.15. The van der Waals surface area contributed by atoms with Gasteiger partial charge in [0.1, 0.15) is 5.82 Å². The van der Waals surface area contributed by atoms with E-state index < -0.39 is 0 Å². The quantitative estimate of drug-likeness (QED) is 0.516. The molecule has 1 heterocycles. The maximum Gasteiger partial charge on any atom is 0.234 e. The van der Waals surface area contributed by atoms with Gasteiger partial charge in [0.2, 0.25) is 5.91 Å². The van der Waals surface area contributed by atoms with E-state index in [4.69, 9.17) is 0 Å². The zero-order valence-corrected chi connectivity index (χ0v) is 18.1. The first kappa shape index (κ1) is 21.1. The third-order valence-electron chi connectivity index (χ3n) is 4.55. The molecular formula is C23H28N4OS. The van der Waals surface area contributed by atoms with Gasteiger partial charge < -0.3 is 9.88 Å². The third kappa shape index (κ3) is 5.94. The first-order valence-corrected chi connectivity index (χ1v) is 11.0. The van der Waals surface area contributed by atoms with Gasteiger partial charge in [-0.25, -0.2) is 0 Å². The molecule has 0 saturated heterocycles. The average molecular weight is 409 g/mol. The molecular weight excluding hydrogens is 380 g/mol. The molecule has 1 amide bonds. The first-order valence-electron chi connectivity index (χ1n) is 10.0. The van der Waals surface area contributed by atoms with E-state index in [1.165, 1.54) is 17.3 Å². The van der Waals surface area contributed by atoms with Gasteiger partial charge >= 0.3 is 0 Å². The van der Waals surface area contributed by atoms with Crippen molar-refractivity contribution in [2.45, 2.75) is 45.3 Å². The SMILES string of the molecule is CCc1ccccc1NC(=O)CSc1nnc(Cc2ccccc2)n1CC(C)C. The van der Waals surface area contributed by atoms with E-state index >= 15 is 0 Å². The first-order chi connectivity index (χ1) is 14.1. The highest BCUT2D eigenvalue weighted by Crippen LogP contribution is 2.22. The van der Waals surface area contributed by atoms with Crippen molar-refractivity contribution >= 4 is 23.4 Å². The highest BCUT2D eigenvalue weighted by atomic mass is 32.2. The lowest BCUT2D eigenvalue weighted by Crippen LogP contribution is -2.16. The molecule has 3 rings (SSSR count). The van der Waals surface area contributed by atoms with Gasteiger partial charge in [-0.3, -0.25) is 4.79 Å². The van der Waals surface area contributed by atoms with E-state index in [1.807, 2.05) is 42.5 Å². The van der Waals surface area contributed by atoms with Crippen LogP contribution in [-0.2, 0) is 24.2 Å². The second kappa shape index (κ2) is 10.3. The predicted molar refractivity (Wildman–Crippen MR) is 119 cm³/mol. The van der Waals surface area contributed by atoms with Crippen LogP contribution in [0.15, 0.2) is 59.8 Å². The third-order valence-corrected chi connectivity index (χ3v) is 5.52. The number of benzene rings is 2. The minimum absolute atomic E-state index is 0.0281. The van der Waals surface area contributed by atoms with Gasteiger partial charge in [0.05, 0.1) is 5.75 Å². The maximum absolute atomic E-state index is 12.5. The monoisotopic (exact) mass is 408 g/mol. The van der Waals surface area contributed by atoms with Gasteiger partial charge in [-0.1, -0.05) is 81.1 Å². The molecule has 0 saturated carbocycles. The summed E-state index contributed by atoms with van der Waals surface area (Å²) < 4.78 is 2.15. The Morgan fingerprint density at radius 2 is 1.79 bits per heavy atom. The molecule has 0 bridgehead atoms. The Morgan fingerprint density at radius 3 is 2.52 bits per heavy atom. The smallest absolute Gasteiger partial charge is 0.234 e. The van der Waals surface area contributed by atoms with Crippen molar-refractivity contribution in [2.24, 2.45) is 5.92 Å². The average Bonchev–Trinajstić information content (AvgIpc) is 3.08. The number of nitrogens with zero attached hydrogens (tertiary/aromatic N) is 3. The fourth-order valence-corrected chi connectivity index (χ4v) is 3.92. The fraction of sp³-hybridized carbons (Fsp3) is 0.348. The second-order valence-corrected chi connectivity index (χ2v) is 8.36. The molecule has 152 valence electrons. The van der Waals surface area contributed by atoms with Crippen molar-refractivity contribution in [3.63, 3.8) is 0 Å². The summed E-state index contributed by atoms with van der Waals surface area (Å²) in [7, 11) is 0. The minimum atomic E-state index is -0.0281. The Hall–Kier alpha value is -2.60. The Bertz CT molecular complexity index is 937.